The summed E-state index contributed by atoms with van der Waals surface area (Å²) in [5.41, 5.74) is 8.57. The van der Waals surface area contributed by atoms with Gasteiger partial charge in [0.05, 0.1) is 6.04 Å². The van der Waals surface area contributed by atoms with Crippen molar-refractivity contribution in [1.82, 2.24) is 20.9 Å². The number of fused-ring (bicyclic) bond motifs is 1. The van der Waals surface area contributed by atoms with Gasteiger partial charge in [0.1, 0.15) is 18.1 Å². The van der Waals surface area contributed by atoms with Crippen molar-refractivity contribution >= 4 is 40.6 Å². The predicted octanol–water partition coefficient (Wildman–Crippen LogP) is 1.73. The van der Waals surface area contributed by atoms with Crippen LogP contribution >= 0.6 is 0 Å². The molecule has 3 rings (SSSR count). The third-order valence-corrected chi connectivity index (χ3v) is 6.97. The van der Waals surface area contributed by atoms with Crippen molar-refractivity contribution in [2.24, 2.45) is 11.7 Å². The van der Waals surface area contributed by atoms with E-state index in [1.54, 1.807) is 36.5 Å². The molecule has 0 saturated carbocycles. The van der Waals surface area contributed by atoms with E-state index < -0.39 is 60.2 Å². The quantitative estimate of drug-likeness (QED) is 0.130. The Morgan fingerprint density at radius 1 is 0.791 bits per heavy atom. The number of carbonyl (C=O) groups excluding carboxylic acids is 3. The number of amides is 3. The Morgan fingerprint density at radius 3 is 2.05 bits per heavy atom. The van der Waals surface area contributed by atoms with Gasteiger partial charge in [-0.05, 0) is 42.4 Å². The summed E-state index contributed by atoms with van der Waals surface area (Å²) in [6.45, 7) is 3.66. The van der Waals surface area contributed by atoms with E-state index in [1.165, 1.54) is 0 Å². The maximum atomic E-state index is 13.4. The van der Waals surface area contributed by atoms with Crippen molar-refractivity contribution < 1.29 is 34.2 Å². The first-order valence-corrected chi connectivity index (χ1v) is 14.1. The molecule has 3 aromatic rings. The largest absolute Gasteiger partial charge is 0.481 e. The summed E-state index contributed by atoms with van der Waals surface area (Å²) in [6.07, 6.45) is 1.47. The zero-order valence-electron chi connectivity index (χ0n) is 24.2. The highest BCUT2D eigenvalue weighted by Gasteiger charge is 2.31. The number of rotatable bonds is 16. The number of nitrogens with two attached hydrogens (primary N) is 1. The molecule has 3 amide bonds. The number of aromatic amines is 1. The molecule has 4 unspecified atom stereocenters. The molecule has 0 bridgehead atoms. The molecule has 0 fully saturated rings. The first kappa shape index (κ1) is 32.8. The van der Waals surface area contributed by atoms with E-state index >= 15 is 0 Å². The average Bonchev–Trinajstić information content (AvgIpc) is 3.37. The van der Waals surface area contributed by atoms with E-state index in [9.17, 15) is 34.2 Å². The lowest BCUT2D eigenvalue weighted by Crippen LogP contribution is -2.57. The highest BCUT2D eigenvalue weighted by molar-refractivity contribution is 5.94. The number of carbonyl (C=O) groups is 5. The van der Waals surface area contributed by atoms with E-state index in [2.05, 4.69) is 20.9 Å². The molecule has 0 aliphatic carbocycles. The van der Waals surface area contributed by atoms with E-state index in [0.717, 1.165) is 16.5 Å². The molecule has 0 saturated heterocycles. The summed E-state index contributed by atoms with van der Waals surface area (Å²) < 4.78 is 0. The highest BCUT2D eigenvalue weighted by Crippen LogP contribution is 2.19. The Labute approximate surface area is 249 Å². The number of para-hydroxylation sites is 1. The molecule has 0 radical (unpaired) electrons. The van der Waals surface area contributed by atoms with Crippen LogP contribution in [-0.4, -0.2) is 69.0 Å². The van der Waals surface area contributed by atoms with Crippen LogP contribution in [0.1, 0.15) is 44.2 Å². The van der Waals surface area contributed by atoms with Gasteiger partial charge in [0, 0.05) is 29.9 Å². The van der Waals surface area contributed by atoms with Crippen LogP contribution in [0, 0.1) is 5.92 Å². The molecule has 0 spiro atoms. The van der Waals surface area contributed by atoms with Gasteiger partial charge in [-0.3, -0.25) is 19.2 Å². The van der Waals surface area contributed by atoms with Gasteiger partial charge >= 0.3 is 11.9 Å². The molecule has 0 aliphatic heterocycles. The number of carboxylic acid groups (broad SMARTS) is 2. The van der Waals surface area contributed by atoms with Gasteiger partial charge in [0.25, 0.3) is 0 Å². The van der Waals surface area contributed by atoms with Gasteiger partial charge in [-0.15, -0.1) is 0 Å². The molecular weight excluding hydrogens is 554 g/mol. The number of H-pyrrole nitrogens is 1. The summed E-state index contributed by atoms with van der Waals surface area (Å²) in [6, 6.07) is 11.6. The second kappa shape index (κ2) is 15.5. The molecule has 0 aliphatic rings. The van der Waals surface area contributed by atoms with Gasteiger partial charge in [-0.25, -0.2) is 4.79 Å². The van der Waals surface area contributed by atoms with Crippen molar-refractivity contribution in [2.75, 3.05) is 0 Å². The lowest BCUT2D eigenvalue weighted by Gasteiger charge is -2.26. The number of aromatic nitrogens is 1. The third kappa shape index (κ3) is 9.96. The van der Waals surface area contributed by atoms with Crippen molar-refractivity contribution in [3.05, 3.63) is 71.9 Å². The Morgan fingerprint density at radius 2 is 1.40 bits per heavy atom. The zero-order valence-corrected chi connectivity index (χ0v) is 24.2. The van der Waals surface area contributed by atoms with Gasteiger partial charge < -0.3 is 36.9 Å². The number of aliphatic carboxylic acids is 2. The Bertz CT molecular complexity index is 1420. The lowest BCUT2D eigenvalue weighted by atomic mass is 10.0. The van der Waals surface area contributed by atoms with Crippen molar-refractivity contribution in [3.63, 3.8) is 0 Å². The van der Waals surface area contributed by atoms with Crippen molar-refractivity contribution in [1.29, 1.82) is 0 Å². The topological polar surface area (TPSA) is 204 Å². The number of benzene rings is 2. The monoisotopic (exact) mass is 593 g/mol. The first-order chi connectivity index (χ1) is 20.4. The standard InChI is InChI=1S/C31H39N5O7/c1-18(2)14-25(30(41)36-26(31(42)43)15-19-8-4-3-5-9-19)35-29(40)24(12-13-27(37)38)34-28(39)22(32)16-20-17-33-23-11-7-6-10-21(20)23/h3-11,17-18,22,24-26,33H,12-16,32H2,1-2H3,(H,34,39)(H,35,40)(H,36,41)(H,37,38)(H,42,43). The molecule has 43 heavy (non-hydrogen) atoms. The summed E-state index contributed by atoms with van der Waals surface area (Å²) >= 11 is 0. The van der Waals surface area contributed by atoms with E-state index in [-0.39, 0.29) is 31.6 Å². The second-order valence-corrected chi connectivity index (χ2v) is 10.9. The molecule has 1 aromatic heterocycles. The highest BCUT2D eigenvalue weighted by atomic mass is 16.4. The summed E-state index contributed by atoms with van der Waals surface area (Å²) in [7, 11) is 0. The summed E-state index contributed by atoms with van der Waals surface area (Å²) in [5.74, 6) is -4.60. The number of hydrogen-bond donors (Lipinski definition) is 7. The minimum absolute atomic E-state index is 0.0376. The number of hydrogen-bond acceptors (Lipinski definition) is 6. The van der Waals surface area contributed by atoms with E-state index in [4.69, 9.17) is 5.73 Å². The Hall–Kier alpha value is -4.71. The van der Waals surface area contributed by atoms with Crippen LogP contribution in [0.5, 0.6) is 0 Å². The maximum absolute atomic E-state index is 13.4. The molecule has 12 nitrogen and oxygen atoms in total. The summed E-state index contributed by atoms with van der Waals surface area (Å²) in [5, 5.41) is 27.5. The zero-order chi connectivity index (χ0) is 31.5. The first-order valence-electron chi connectivity index (χ1n) is 14.1. The van der Waals surface area contributed by atoms with Crippen LogP contribution in [0.2, 0.25) is 0 Å². The van der Waals surface area contributed by atoms with Gasteiger partial charge in [-0.1, -0.05) is 62.4 Å². The smallest absolute Gasteiger partial charge is 0.326 e. The Balaban J connectivity index is 1.71. The van der Waals surface area contributed by atoms with Crippen molar-refractivity contribution in [3.8, 4) is 0 Å². The maximum Gasteiger partial charge on any atom is 0.326 e. The van der Waals surface area contributed by atoms with Crippen LogP contribution in [-0.2, 0) is 36.8 Å². The summed E-state index contributed by atoms with van der Waals surface area (Å²) in [4.78, 5) is 66.0. The molecular formula is C31H39N5O7. The van der Waals surface area contributed by atoms with Gasteiger partial charge in [-0.2, -0.15) is 0 Å². The van der Waals surface area contributed by atoms with E-state index in [1.807, 2.05) is 38.1 Å². The molecule has 8 N–H and O–H groups in total. The van der Waals surface area contributed by atoms with Crippen LogP contribution in [0.15, 0.2) is 60.8 Å². The van der Waals surface area contributed by atoms with Crippen LogP contribution in [0.4, 0.5) is 0 Å². The SMILES string of the molecule is CC(C)CC(NC(=O)C(CCC(=O)O)NC(=O)C(N)Cc1c[nH]c2ccccc12)C(=O)NC(Cc1ccccc1)C(=O)O. The fraction of sp³-hybridized carbons (Fsp3) is 0.387. The minimum Gasteiger partial charge on any atom is -0.481 e. The van der Waals surface area contributed by atoms with Crippen LogP contribution in [0.3, 0.4) is 0 Å². The van der Waals surface area contributed by atoms with Crippen LogP contribution in [0.25, 0.3) is 10.9 Å². The fourth-order valence-electron chi connectivity index (χ4n) is 4.74. The molecule has 12 heteroatoms. The number of carboxylic acids is 2. The molecule has 4 atom stereocenters. The van der Waals surface area contributed by atoms with Gasteiger partial charge in [0.2, 0.25) is 17.7 Å². The van der Waals surface area contributed by atoms with Crippen molar-refractivity contribution in [2.45, 2.75) is 70.1 Å². The van der Waals surface area contributed by atoms with E-state index in [0.29, 0.717) is 5.56 Å². The van der Waals surface area contributed by atoms with Crippen LogP contribution < -0.4 is 21.7 Å². The predicted molar refractivity (Wildman–Crippen MR) is 160 cm³/mol. The molecule has 2 aromatic carbocycles. The Kier molecular flexibility index (Phi) is 11.8. The fourth-order valence-corrected chi connectivity index (χ4v) is 4.74. The third-order valence-electron chi connectivity index (χ3n) is 6.97. The minimum atomic E-state index is -1.29. The lowest BCUT2D eigenvalue weighted by molar-refractivity contribution is -0.142. The van der Waals surface area contributed by atoms with Gasteiger partial charge in [0.15, 0.2) is 0 Å². The average molecular weight is 594 g/mol. The second-order valence-electron chi connectivity index (χ2n) is 10.9. The normalized spacial score (nSPS) is 14.0. The molecule has 1 heterocycles. The number of nitrogens with one attached hydrogen (secondary N) is 4. The molecule has 230 valence electrons.